The molecule has 2 aromatic rings. The molecule has 1 aliphatic rings. The summed E-state index contributed by atoms with van der Waals surface area (Å²) in [6.45, 7) is 1.98. The van der Waals surface area contributed by atoms with Crippen molar-refractivity contribution in [1.29, 1.82) is 0 Å². The molecule has 4 nitrogen and oxygen atoms in total. The maximum absolute atomic E-state index is 5.98. The van der Waals surface area contributed by atoms with Gasteiger partial charge in [0, 0.05) is 16.6 Å². The second-order valence-corrected chi connectivity index (χ2v) is 5.89. The number of hydrogen-bond donors (Lipinski definition) is 1. The summed E-state index contributed by atoms with van der Waals surface area (Å²) in [5, 5.41) is 8.07. The van der Waals surface area contributed by atoms with E-state index in [1.165, 1.54) is 0 Å². The second kappa shape index (κ2) is 5.61. The van der Waals surface area contributed by atoms with Crippen molar-refractivity contribution in [2.24, 2.45) is 0 Å². The summed E-state index contributed by atoms with van der Waals surface area (Å²) in [7, 11) is 0. The van der Waals surface area contributed by atoms with E-state index in [1.807, 2.05) is 18.2 Å². The molecule has 1 saturated heterocycles. The second-order valence-electron chi connectivity index (χ2n) is 4.63. The normalized spacial score (nSPS) is 19.6. The van der Waals surface area contributed by atoms with Crippen molar-refractivity contribution in [1.82, 2.24) is 15.5 Å². The van der Waals surface area contributed by atoms with Crippen LogP contribution in [0.3, 0.4) is 0 Å². The van der Waals surface area contributed by atoms with E-state index >= 15 is 0 Å². The van der Waals surface area contributed by atoms with Crippen molar-refractivity contribution in [3.05, 3.63) is 33.6 Å². The zero-order valence-corrected chi connectivity index (χ0v) is 12.5. The Kier molecular flexibility index (Phi) is 3.86. The molecule has 0 bridgehead atoms. The molecular weight excluding hydrogens is 330 g/mol. The van der Waals surface area contributed by atoms with E-state index < -0.39 is 0 Å². The molecule has 0 aliphatic carbocycles. The van der Waals surface area contributed by atoms with Crippen molar-refractivity contribution in [3.63, 3.8) is 0 Å². The Bertz CT molecular complexity index is 581. The van der Waals surface area contributed by atoms with E-state index in [9.17, 15) is 0 Å². The van der Waals surface area contributed by atoms with E-state index in [0.717, 1.165) is 36.0 Å². The minimum absolute atomic E-state index is 0.325. The Morgan fingerprint density at radius 3 is 3.05 bits per heavy atom. The van der Waals surface area contributed by atoms with Crippen LogP contribution in [0.15, 0.2) is 27.2 Å². The molecule has 1 aliphatic heterocycles. The highest BCUT2D eigenvalue weighted by atomic mass is 79.9. The third-order valence-electron chi connectivity index (χ3n) is 3.27. The van der Waals surface area contributed by atoms with E-state index in [0.29, 0.717) is 22.7 Å². The van der Waals surface area contributed by atoms with Crippen molar-refractivity contribution in [2.45, 2.75) is 18.8 Å². The van der Waals surface area contributed by atoms with Gasteiger partial charge in [0.2, 0.25) is 11.7 Å². The number of piperidine rings is 1. The van der Waals surface area contributed by atoms with Crippen LogP contribution in [0.5, 0.6) is 0 Å². The smallest absolute Gasteiger partial charge is 0.231 e. The van der Waals surface area contributed by atoms with Crippen LogP contribution in [0.1, 0.15) is 24.7 Å². The maximum Gasteiger partial charge on any atom is 0.231 e. The first-order valence-electron chi connectivity index (χ1n) is 6.24. The number of hydrogen-bond acceptors (Lipinski definition) is 4. The average molecular weight is 343 g/mol. The van der Waals surface area contributed by atoms with Crippen molar-refractivity contribution in [3.8, 4) is 11.4 Å². The van der Waals surface area contributed by atoms with Crippen LogP contribution in [-0.4, -0.2) is 23.2 Å². The fraction of sp³-hybridized carbons (Fsp3) is 0.385. The molecule has 19 heavy (non-hydrogen) atoms. The molecule has 1 N–H and O–H groups in total. The predicted octanol–water partition coefficient (Wildman–Crippen LogP) is 3.62. The quantitative estimate of drug-likeness (QED) is 0.905. The van der Waals surface area contributed by atoms with E-state index in [-0.39, 0.29) is 0 Å². The van der Waals surface area contributed by atoms with Gasteiger partial charge in [-0.15, -0.1) is 0 Å². The van der Waals surface area contributed by atoms with Crippen LogP contribution < -0.4 is 5.32 Å². The van der Waals surface area contributed by atoms with Gasteiger partial charge in [0.15, 0.2) is 0 Å². The number of benzene rings is 1. The largest absolute Gasteiger partial charge is 0.339 e. The minimum Gasteiger partial charge on any atom is -0.339 e. The first-order valence-corrected chi connectivity index (χ1v) is 7.41. The molecule has 0 radical (unpaired) electrons. The highest BCUT2D eigenvalue weighted by Crippen LogP contribution is 2.29. The third kappa shape index (κ3) is 2.83. The predicted molar refractivity (Wildman–Crippen MR) is 77.3 cm³/mol. The molecular formula is C13H13BrClN3O. The van der Waals surface area contributed by atoms with Gasteiger partial charge < -0.3 is 9.84 Å². The lowest BCUT2D eigenvalue weighted by Crippen LogP contribution is -2.28. The molecule has 6 heteroatoms. The van der Waals surface area contributed by atoms with E-state index in [4.69, 9.17) is 16.1 Å². The lowest BCUT2D eigenvalue weighted by atomic mass is 10.00. The molecule has 1 aromatic carbocycles. The van der Waals surface area contributed by atoms with Gasteiger partial charge in [-0.25, -0.2) is 0 Å². The van der Waals surface area contributed by atoms with Gasteiger partial charge in [-0.1, -0.05) is 16.8 Å². The van der Waals surface area contributed by atoms with Gasteiger partial charge in [-0.2, -0.15) is 4.98 Å². The fourth-order valence-corrected chi connectivity index (χ4v) is 2.71. The molecule has 100 valence electrons. The van der Waals surface area contributed by atoms with Crippen LogP contribution in [0.2, 0.25) is 5.02 Å². The molecule has 1 aromatic heterocycles. The highest BCUT2D eigenvalue weighted by Gasteiger charge is 2.21. The molecule has 1 atom stereocenters. The van der Waals surface area contributed by atoms with Crippen LogP contribution in [0, 0.1) is 0 Å². The summed E-state index contributed by atoms with van der Waals surface area (Å²) in [5.74, 6) is 1.65. The average Bonchev–Trinajstić information content (AvgIpc) is 2.93. The van der Waals surface area contributed by atoms with Crippen LogP contribution in [0.25, 0.3) is 11.4 Å². The van der Waals surface area contributed by atoms with Gasteiger partial charge >= 0.3 is 0 Å². The summed E-state index contributed by atoms with van der Waals surface area (Å²) in [5.41, 5.74) is 0.898. The van der Waals surface area contributed by atoms with Crippen molar-refractivity contribution >= 4 is 27.5 Å². The fourth-order valence-electron chi connectivity index (χ4n) is 2.22. The number of halogens is 2. The first-order chi connectivity index (χ1) is 9.24. The maximum atomic E-state index is 5.98. The van der Waals surface area contributed by atoms with Crippen molar-refractivity contribution in [2.75, 3.05) is 13.1 Å². The molecule has 0 saturated carbocycles. The Morgan fingerprint density at radius 1 is 1.42 bits per heavy atom. The number of nitrogens with one attached hydrogen (secondary N) is 1. The number of aromatic nitrogens is 2. The first kappa shape index (κ1) is 13.1. The van der Waals surface area contributed by atoms with Crippen LogP contribution in [-0.2, 0) is 0 Å². The highest BCUT2D eigenvalue weighted by molar-refractivity contribution is 9.10. The van der Waals surface area contributed by atoms with Crippen LogP contribution >= 0.6 is 27.5 Å². The lowest BCUT2D eigenvalue weighted by molar-refractivity contribution is 0.322. The van der Waals surface area contributed by atoms with Gasteiger partial charge in [-0.3, -0.25) is 0 Å². The Morgan fingerprint density at radius 2 is 2.32 bits per heavy atom. The molecule has 0 spiro atoms. The van der Waals surface area contributed by atoms with Crippen LogP contribution in [0.4, 0.5) is 0 Å². The topological polar surface area (TPSA) is 51.0 Å². The SMILES string of the molecule is Clc1ccc(-c2noc([C@@H]3CCCNC3)n2)cc1Br. The van der Waals surface area contributed by atoms with Gasteiger partial charge in [0.05, 0.1) is 10.9 Å². The lowest BCUT2D eigenvalue weighted by Gasteiger charge is -2.18. The summed E-state index contributed by atoms with van der Waals surface area (Å²) in [4.78, 5) is 4.49. The number of nitrogens with zero attached hydrogens (tertiary/aromatic N) is 2. The summed E-state index contributed by atoms with van der Waals surface area (Å²) < 4.78 is 6.21. The Labute approximate surface area is 124 Å². The molecule has 1 fully saturated rings. The molecule has 2 heterocycles. The third-order valence-corrected chi connectivity index (χ3v) is 4.48. The van der Waals surface area contributed by atoms with E-state index in [2.05, 4.69) is 31.4 Å². The summed E-state index contributed by atoms with van der Waals surface area (Å²) >= 11 is 9.37. The van der Waals surface area contributed by atoms with E-state index in [1.54, 1.807) is 0 Å². The van der Waals surface area contributed by atoms with Gasteiger partial charge in [-0.05, 0) is 53.5 Å². The monoisotopic (exact) mass is 341 g/mol. The summed E-state index contributed by atoms with van der Waals surface area (Å²) in [6.07, 6.45) is 2.24. The Hall–Kier alpha value is -0.910. The molecule has 0 amide bonds. The number of rotatable bonds is 2. The Balaban J connectivity index is 1.85. The minimum atomic E-state index is 0.325. The van der Waals surface area contributed by atoms with Gasteiger partial charge in [0.1, 0.15) is 0 Å². The summed E-state index contributed by atoms with van der Waals surface area (Å²) in [6, 6.07) is 5.61. The molecule has 0 unspecified atom stereocenters. The zero-order valence-electron chi connectivity index (χ0n) is 10.2. The zero-order chi connectivity index (χ0) is 13.2. The standard InChI is InChI=1S/C13H13BrClN3O/c14-10-6-8(3-4-11(10)15)12-17-13(19-18-12)9-2-1-5-16-7-9/h3-4,6,9,16H,1-2,5,7H2/t9-/m1/s1. The van der Waals surface area contributed by atoms with Gasteiger partial charge in [0.25, 0.3) is 0 Å². The molecule has 3 rings (SSSR count). The van der Waals surface area contributed by atoms with Crippen molar-refractivity contribution < 1.29 is 4.52 Å².